The molecule has 0 saturated carbocycles. The van der Waals surface area contributed by atoms with E-state index in [1.165, 1.54) is 12.1 Å². The molecule has 0 amide bonds. The molecular weight excluding hydrogens is 319 g/mol. The average molecular weight is 336 g/mol. The molecule has 1 aliphatic heterocycles. The topological polar surface area (TPSA) is 27.7 Å². The Labute approximate surface area is 145 Å². The largest absolute Gasteiger partial charge is 0.488 e. The van der Waals surface area contributed by atoms with Crippen LogP contribution in [0, 0.1) is 5.82 Å². The van der Waals surface area contributed by atoms with Gasteiger partial charge in [-0.3, -0.25) is 0 Å². The lowest BCUT2D eigenvalue weighted by atomic mass is 10.0. The first kappa shape index (κ1) is 15.7. The molecule has 0 spiro atoms. The minimum atomic E-state index is -0.317. The molecule has 0 unspecified atom stereocenters. The molecule has 0 radical (unpaired) electrons. The van der Waals surface area contributed by atoms with E-state index in [0.717, 1.165) is 16.9 Å². The molecule has 126 valence electrons. The Morgan fingerprint density at radius 2 is 1.76 bits per heavy atom. The van der Waals surface area contributed by atoms with Gasteiger partial charge in [-0.2, -0.15) is 0 Å². The van der Waals surface area contributed by atoms with E-state index in [1.807, 2.05) is 54.6 Å². The van der Waals surface area contributed by atoms with E-state index in [4.69, 9.17) is 14.2 Å². The first-order chi connectivity index (χ1) is 12.3. The quantitative estimate of drug-likeness (QED) is 0.675. The maximum Gasteiger partial charge on any atom is 0.189 e. The van der Waals surface area contributed by atoms with E-state index in [9.17, 15) is 4.39 Å². The summed E-state index contributed by atoms with van der Waals surface area (Å²) >= 11 is 0. The van der Waals surface area contributed by atoms with Gasteiger partial charge in [0.25, 0.3) is 0 Å². The lowest BCUT2D eigenvalue weighted by Crippen LogP contribution is -2.14. The number of rotatable bonds is 4. The van der Waals surface area contributed by atoms with Gasteiger partial charge in [0.05, 0.1) is 6.61 Å². The highest BCUT2D eigenvalue weighted by molar-refractivity contribution is 5.70. The highest BCUT2D eigenvalue weighted by atomic mass is 19.1. The Morgan fingerprint density at radius 1 is 0.960 bits per heavy atom. The van der Waals surface area contributed by atoms with Gasteiger partial charge in [0.1, 0.15) is 23.9 Å². The van der Waals surface area contributed by atoms with Crippen molar-refractivity contribution >= 4 is 0 Å². The van der Waals surface area contributed by atoms with Gasteiger partial charge in [-0.05, 0) is 23.8 Å². The van der Waals surface area contributed by atoms with Crippen LogP contribution in [0.2, 0.25) is 0 Å². The Balaban J connectivity index is 1.62. The Hall–Kier alpha value is -2.85. The summed E-state index contributed by atoms with van der Waals surface area (Å²) in [5.41, 5.74) is 3.46. The minimum Gasteiger partial charge on any atom is -0.488 e. The fraction of sp³-hybridized carbons (Fsp3) is 0.143. The predicted molar refractivity (Wildman–Crippen MR) is 92.9 cm³/mol. The molecule has 3 nitrogen and oxygen atoms in total. The van der Waals surface area contributed by atoms with Crippen molar-refractivity contribution in [3.8, 4) is 22.6 Å². The summed E-state index contributed by atoms with van der Waals surface area (Å²) in [5.74, 6) is 1.09. The minimum absolute atomic E-state index is 0.173. The number of halogens is 1. The Bertz CT molecular complexity index is 878. The molecule has 0 saturated heterocycles. The van der Waals surface area contributed by atoms with E-state index >= 15 is 0 Å². The zero-order chi connectivity index (χ0) is 17.1. The summed E-state index contributed by atoms with van der Waals surface area (Å²) in [5, 5.41) is 0. The summed E-state index contributed by atoms with van der Waals surface area (Å²) in [4.78, 5) is 0. The van der Waals surface area contributed by atoms with Crippen LogP contribution in [0.4, 0.5) is 4.39 Å². The van der Waals surface area contributed by atoms with Crippen LogP contribution in [0.3, 0.4) is 0 Å². The summed E-state index contributed by atoms with van der Waals surface area (Å²) in [6.45, 7) is 0.747. The predicted octanol–water partition coefficient (Wildman–Crippen LogP) is 4.94. The Kier molecular flexibility index (Phi) is 4.36. The summed E-state index contributed by atoms with van der Waals surface area (Å²) in [6.07, 6.45) is 0. The van der Waals surface area contributed by atoms with Crippen molar-refractivity contribution in [1.29, 1.82) is 0 Å². The summed E-state index contributed by atoms with van der Waals surface area (Å²) < 4.78 is 30.6. The van der Waals surface area contributed by atoms with E-state index < -0.39 is 0 Å². The molecule has 0 fully saturated rings. The highest BCUT2D eigenvalue weighted by Crippen LogP contribution is 2.33. The van der Waals surface area contributed by atoms with Crippen molar-refractivity contribution in [3.63, 3.8) is 0 Å². The van der Waals surface area contributed by atoms with Crippen molar-refractivity contribution in [2.24, 2.45) is 0 Å². The fourth-order valence-electron chi connectivity index (χ4n) is 2.97. The zero-order valence-corrected chi connectivity index (χ0v) is 13.6. The maximum absolute atomic E-state index is 13.9. The molecule has 3 aromatic carbocycles. The molecular formula is C21H17FO3. The van der Waals surface area contributed by atoms with Gasteiger partial charge in [-0.15, -0.1) is 0 Å². The third-order valence-corrected chi connectivity index (χ3v) is 4.11. The average Bonchev–Trinajstić information content (AvgIpc) is 2.67. The van der Waals surface area contributed by atoms with Gasteiger partial charge >= 0.3 is 0 Å². The van der Waals surface area contributed by atoms with Crippen LogP contribution in [0.5, 0.6) is 11.5 Å². The van der Waals surface area contributed by atoms with Gasteiger partial charge in [-0.25, -0.2) is 4.39 Å². The molecule has 3 aromatic rings. The second-order valence-electron chi connectivity index (χ2n) is 5.81. The van der Waals surface area contributed by atoms with Crippen molar-refractivity contribution in [2.45, 2.75) is 13.2 Å². The third-order valence-electron chi connectivity index (χ3n) is 4.11. The number of ether oxygens (including phenoxy) is 3. The number of hydrogen-bond acceptors (Lipinski definition) is 3. The van der Waals surface area contributed by atoms with E-state index in [1.54, 1.807) is 0 Å². The highest BCUT2D eigenvalue weighted by Gasteiger charge is 2.17. The number of benzene rings is 3. The molecule has 4 heteroatoms. The maximum atomic E-state index is 13.9. The summed E-state index contributed by atoms with van der Waals surface area (Å²) in [6, 6.07) is 20.7. The van der Waals surface area contributed by atoms with Gasteiger partial charge in [0, 0.05) is 16.7 Å². The van der Waals surface area contributed by atoms with Crippen LogP contribution in [-0.2, 0) is 18.0 Å². The van der Waals surface area contributed by atoms with E-state index in [2.05, 4.69) is 0 Å². The molecule has 1 aliphatic rings. The van der Waals surface area contributed by atoms with Crippen LogP contribution >= 0.6 is 0 Å². The molecule has 0 aliphatic carbocycles. The lowest BCUT2D eigenvalue weighted by Gasteiger charge is -2.21. The van der Waals surface area contributed by atoms with Crippen LogP contribution < -0.4 is 9.47 Å². The lowest BCUT2D eigenvalue weighted by molar-refractivity contribution is -0.0178. The standard InChI is InChI=1S/C21H17FO3/c22-18-10-16-12-23-14-25-21(16)17(11-18)13-24-20-9-5-4-8-19(20)15-6-2-1-3-7-15/h1-11H,12-14H2. The van der Waals surface area contributed by atoms with Gasteiger partial charge in [0.2, 0.25) is 0 Å². The van der Waals surface area contributed by atoms with Crippen molar-refractivity contribution in [3.05, 3.63) is 83.7 Å². The monoisotopic (exact) mass is 336 g/mol. The van der Waals surface area contributed by atoms with E-state index in [-0.39, 0.29) is 19.2 Å². The first-order valence-corrected chi connectivity index (χ1v) is 8.10. The van der Waals surface area contributed by atoms with Gasteiger partial charge in [0.15, 0.2) is 6.79 Å². The van der Waals surface area contributed by atoms with Crippen LogP contribution in [0.15, 0.2) is 66.7 Å². The van der Waals surface area contributed by atoms with Crippen molar-refractivity contribution in [1.82, 2.24) is 0 Å². The summed E-state index contributed by atoms with van der Waals surface area (Å²) in [7, 11) is 0. The van der Waals surface area contributed by atoms with Crippen LogP contribution in [0.25, 0.3) is 11.1 Å². The molecule has 4 rings (SSSR count). The second-order valence-corrected chi connectivity index (χ2v) is 5.81. The molecule has 0 aromatic heterocycles. The zero-order valence-electron chi connectivity index (χ0n) is 13.6. The van der Waals surface area contributed by atoms with Crippen molar-refractivity contribution in [2.75, 3.05) is 6.79 Å². The Morgan fingerprint density at radius 3 is 2.64 bits per heavy atom. The number of hydrogen-bond donors (Lipinski definition) is 0. The van der Waals surface area contributed by atoms with Crippen molar-refractivity contribution < 1.29 is 18.6 Å². The molecule has 0 bridgehead atoms. The number of fused-ring (bicyclic) bond motifs is 1. The van der Waals surface area contributed by atoms with Gasteiger partial charge < -0.3 is 14.2 Å². The number of para-hydroxylation sites is 1. The third kappa shape index (κ3) is 3.35. The first-order valence-electron chi connectivity index (χ1n) is 8.10. The molecule has 0 N–H and O–H groups in total. The van der Waals surface area contributed by atoms with Crippen LogP contribution in [-0.4, -0.2) is 6.79 Å². The molecule has 0 atom stereocenters. The van der Waals surface area contributed by atoms with Crippen LogP contribution in [0.1, 0.15) is 11.1 Å². The van der Waals surface area contributed by atoms with E-state index in [0.29, 0.717) is 23.5 Å². The smallest absolute Gasteiger partial charge is 0.189 e. The molecule has 1 heterocycles. The second kappa shape index (κ2) is 6.95. The van der Waals surface area contributed by atoms with Gasteiger partial charge in [-0.1, -0.05) is 48.5 Å². The fourth-order valence-corrected chi connectivity index (χ4v) is 2.97. The molecule has 25 heavy (non-hydrogen) atoms. The SMILES string of the molecule is Fc1cc2c(c(COc3ccccc3-c3ccccc3)c1)OCOC2. The normalized spacial score (nSPS) is 13.0.